The lowest BCUT2D eigenvalue weighted by Gasteiger charge is -2.28. The van der Waals surface area contributed by atoms with Crippen LogP contribution in [0.15, 0.2) is 0 Å². The summed E-state index contributed by atoms with van der Waals surface area (Å²) in [6, 6.07) is 0.0616. The van der Waals surface area contributed by atoms with Crippen LogP contribution in [0.4, 0.5) is 0 Å². The van der Waals surface area contributed by atoms with E-state index in [0.717, 1.165) is 31.7 Å². The predicted octanol–water partition coefficient (Wildman–Crippen LogP) is 3.15. The third-order valence-corrected chi connectivity index (χ3v) is 5.89. The zero-order valence-corrected chi connectivity index (χ0v) is 13.3. The number of rotatable bonds is 7. The molecule has 3 unspecified atom stereocenters. The maximum Gasteiger partial charge on any atom is 0.241 e. The Hall–Kier alpha value is -0.570. The van der Waals surface area contributed by atoms with Gasteiger partial charge < -0.3 is 4.90 Å². The zero-order chi connectivity index (χ0) is 14.3. The molecule has 3 fully saturated rings. The molecular formula is C17H30N2O. The van der Waals surface area contributed by atoms with Gasteiger partial charge in [0.1, 0.15) is 0 Å². The Bertz CT molecular complexity index is 373. The third kappa shape index (κ3) is 2.49. The van der Waals surface area contributed by atoms with Gasteiger partial charge >= 0.3 is 0 Å². The van der Waals surface area contributed by atoms with Gasteiger partial charge in [-0.25, -0.2) is 0 Å². The van der Waals surface area contributed by atoms with Crippen molar-refractivity contribution in [1.82, 2.24) is 10.2 Å². The predicted molar refractivity (Wildman–Crippen MR) is 81.2 cm³/mol. The molecule has 1 aliphatic heterocycles. The first-order valence-corrected chi connectivity index (χ1v) is 8.68. The van der Waals surface area contributed by atoms with Crippen molar-refractivity contribution in [2.75, 3.05) is 6.54 Å². The fourth-order valence-corrected chi connectivity index (χ4v) is 3.94. The Morgan fingerprint density at radius 1 is 1.35 bits per heavy atom. The van der Waals surface area contributed by atoms with Crippen LogP contribution in [0.1, 0.15) is 65.7 Å². The minimum Gasteiger partial charge on any atom is -0.325 e. The molecule has 20 heavy (non-hydrogen) atoms. The summed E-state index contributed by atoms with van der Waals surface area (Å²) >= 11 is 0. The van der Waals surface area contributed by atoms with Crippen molar-refractivity contribution in [3.63, 3.8) is 0 Å². The molecule has 3 aliphatic rings. The van der Waals surface area contributed by atoms with Crippen LogP contribution in [0.2, 0.25) is 0 Å². The summed E-state index contributed by atoms with van der Waals surface area (Å²) in [4.78, 5) is 15.0. The molecule has 0 radical (unpaired) electrons. The molecule has 3 nitrogen and oxygen atoms in total. The van der Waals surface area contributed by atoms with Crippen LogP contribution in [-0.4, -0.2) is 29.6 Å². The van der Waals surface area contributed by atoms with Crippen molar-refractivity contribution < 1.29 is 4.79 Å². The molecule has 1 heterocycles. The van der Waals surface area contributed by atoms with Crippen LogP contribution < -0.4 is 5.32 Å². The van der Waals surface area contributed by atoms with Gasteiger partial charge in [-0.3, -0.25) is 10.1 Å². The Morgan fingerprint density at radius 3 is 2.55 bits per heavy atom. The second-order valence-electron chi connectivity index (χ2n) is 7.44. The van der Waals surface area contributed by atoms with Crippen LogP contribution in [-0.2, 0) is 4.79 Å². The van der Waals surface area contributed by atoms with E-state index in [1.165, 1.54) is 25.7 Å². The average molecular weight is 278 g/mol. The van der Waals surface area contributed by atoms with E-state index in [0.29, 0.717) is 23.4 Å². The zero-order valence-electron chi connectivity index (χ0n) is 13.3. The molecule has 3 heteroatoms. The van der Waals surface area contributed by atoms with E-state index in [4.69, 9.17) is 0 Å². The molecule has 114 valence electrons. The highest BCUT2D eigenvalue weighted by molar-refractivity contribution is 5.84. The average Bonchev–Trinajstić information content (AvgIpc) is 3.32. The quantitative estimate of drug-likeness (QED) is 0.776. The number of hydrogen-bond acceptors (Lipinski definition) is 2. The summed E-state index contributed by atoms with van der Waals surface area (Å²) in [5.74, 6) is 1.76. The second-order valence-corrected chi connectivity index (χ2v) is 7.44. The molecular weight excluding hydrogens is 248 g/mol. The number of amides is 1. The summed E-state index contributed by atoms with van der Waals surface area (Å²) in [6.45, 7) is 7.63. The van der Waals surface area contributed by atoms with Gasteiger partial charge in [-0.05, 0) is 49.4 Å². The Kier molecular flexibility index (Phi) is 3.83. The van der Waals surface area contributed by atoms with Crippen LogP contribution in [0, 0.1) is 17.3 Å². The van der Waals surface area contributed by atoms with Crippen molar-refractivity contribution in [3.05, 3.63) is 0 Å². The van der Waals surface area contributed by atoms with Crippen LogP contribution in [0.3, 0.4) is 0 Å². The summed E-state index contributed by atoms with van der Waals surface area (Å²) in [5, 5.41) is 3.63. The highest BCUT2D eigenvalue weighted by Crippen LogP contribution is 2.61. The van der Waals surface area contributed by atoms with Crippen molar-refractivity contribution in [2.24, 2.45) is 17.3 Å². The van der Waals surface area contributed by atoms with Gasteiger partial charge in [0.15, 0.2) is 0 Å². The molecule has 0 spiro atoms. The van der Waals surface area contributed by atoms with E-state index >= 15 is 0 Å². The Morgan fingerprint density at radius 2 is 2.05 bits per heavy atom. The second kappa shape index (κ2) is 5.32. The van der Waals surface area contributed by atoms with E-state index in [1.54, 1.807) is 0 Å². The van der Waals surface area contributed by atoms with E-state index in [9.17, 15) is 4.79 Å². The van der Waals surface area contributed by atoms with Crippen molar-refractivity contribution in [3.8, 4) is 0 Å². The molecule has 1 amide bonds. The van der Waals surface area contributed by atoms with Gasteiger partial charge in [0.25, 0.3) is 0 Å². The largest absolute Gasteiger partial charge is 0.325 e. The molecule has 0 aromatic heterocycles. The van der Waals surface area contributed by atoms with Gasteiger partial charge in [-0.1, -0.05) is 33.6 Å². The van der Waals surface area contributed by atoms with Crippen molar-refractivity contribution in [2.45, 2.75) is 77.9 Å². The van der Waals surface area contributed by atoms with Gasteiger partial charge in [0.2, 0.25) is 5.91 Å². The van der Waals surface area contributed by atoms with Gasteiger partial charge in [-0.15, -0.1) is 0 Å². The van der Waals surface area contributed by atoms with Gasteiger partial charge in [0.05, 0.1) is 12.2 Å². The monoisotopic (exact) mass is 278 g/mol. The number of carbonyl (C=O) groups excluding carboxylic acids is 1. The lowest BCUT2D eigenvalue weighted by atomic mass is 9.97. The van der Waals surface area contributed by atoms with Crippen molar-refractivity contribution >= 4 is 5.91 Å². The van der Waals surface area contributed by atoms with Crippen LogP contribution in [0.25, 0.3) is 0 Å². The summed E-state index contributed by atoms with van der Waals surface area (Å²) < 4.78 is 0. The highest BCUT2D eigenvalue weighted by Gasteiger charge is 2.56. The number of nitrogens with one attached hydrogen (secondary N) is 1. The lowest BCUT2D eigenvalue weighted by Crippen LogP contribution is -2.41. The summed E-state index contributed by atoms with van der Waals surface area (Å²) in [5.41, 5.74) is 0.522. The Labute approximate surface area is 123 Å². The first-order valence-electron chi connectivity index (χ1n) is 8.68. The Balaban J connectivity index is 1.70. The smallest absolute Gasteiger partial charge is 0.241 e. The number of nitrogens with zero attached hydrogens (tertiary/aromatic N) is 1. The molecule has 2 aliphatic carbocycles. The minimum absolute atomic E-state index is 0.0616. The molecule has 1 N–H and O–H groups in total. The standard InChI is InChI=1S/C17H30N2O/c1-4-6-14-18-15(12(3)5-2)16(20)19(14)11-17(9-10-17)13-7-8-13/h12-15,18H,4-11H2,1-3H3. The third-order valence-electron chi connectivity index (χ3n) is 5.89. The molecule has 2 saturated carbocycles. The first kappa shape index (κ1) is 14.4. The molecule has 0 aromatic carbocycles. The molecule has 0 aromatic rings. The van der Waals surface area contributed by atoms with E-state index in [1.807, 2.05) is 0 Å². The van der Waals surface area contributed by atoms with Crippen molar-refractivity contribution in [1.29, 1.82) is 0 Å². The molecule has 0 bridgehead atoms. The maximum absolute atomic E-state index is 12.8. The molecule has 1 saturated heterocycles. The number of hydrogen-bond donors (Lipinski definition) is 1. The van der Waals surface area contributed by atoms with Gasteiger partial charge in [-0.2, -0.15) is 0 Å². The topological polar surface area (TPSA) is 32.3 Å². The first-order chi connectivity index (χ1) is 9.61. The fraction of sp³-hybridized carbons (Fsp3) is 0.941. The van der Waals surface area contributed by atoms with E-state index < -0.39 is 0 Å². The molecule has 3 atom stereocenters. The highest BCUT2D eigenvalue weighted by atomic mass is 16.2. The van der Waals surface area contributed by atoms with Crippen LogP contribution in [0.5, 0.6) is 0 Å². The maximum atomic E-state index is 12.8. The fourth-order valence-electron chi connectivity index (χ4n) is 3.94. The summed E-state index contributed by atoms with van der Waals surface area (Å²) in [7, 11) is 0. The van der Waals surface area contributed by atoms with E-state index in [-0.39, 0.29) is 6.04 Å². The SMILES string of the molecule is CCCC1NC(C(C)CC)C(=O)N1CC1(C2CC2)CC1. The van der Waals surface area contributed by atoms with Crippen LogP contribution >= 0.6 is 0 Å². The lowest BCUT2D eigenvalue weighted by molar-refractivity contribution is -0.131. The molecule has 3 rings (SSSR count). The summed E-state index contributed by atoms with van der Waals surface area (Å²) in [6.07, 6.45) is 9.13. The van der Waals surface area contributed by atoms with E-state index in [2.05, 4.69) is 31.0 Å². The minimum atomic E-state index is 0.0616. The normalized spacial score (nSPS) is 33.5. The van der Waals surface area contributed by atoms with Gasteiger partial charge in [0, 0.05) is 6.54 Å². The number of carbonyl (C=O) groups is 1.